The summed E-state index contributed by atoms with van der Waals surface area (Å²) in [6.07, 6.45) is 2.29. The molecular formula is C20H22BrN3O5S. The van der Waals surface area contributed by atoms with Gasteiger partial charge in [-0.05, 0) is 60.9 Å². The number of hydrazone groups is 1. The Morgan fingerprint density at radius 2 is 1.90 bits per heavy atom. The Balaban J connectivity index is 1.54. The van der Waals surface area contributed by atoms with Crippen molar-refractivity contribution in [3.05, 3.63) is 52.5 Å². The molecule has 0 spiro atoms. The number of halogens is 1. The van der Waals surface area contributed by atoms with Crippen LogP contribution < -0.4 is 10.2 Å². The van der Waals surface area contributed by atoms with E-state index in [4.69, 9.17) is 4.74 Å². The van der Waals surface area contributed by atoms with E-state index in [0.717, 1.165) is 4.47 Å². The van der Waals surface area contributed by atoms with E-state index < -0.39 is 10.0 Å². The maximum absolute atomic E-state index is 12.7. The molecule has 0 atom stereocenters. The largest absolute Gasteiger partial charge is 0.504 e. The number of methoxy groups -OCH3 is 1. The van der Waals surface area contributed by atoms with Crippen LogP contribution >= 0.6 is 15.9 Å². The summed E-state index contributed by atoms with van der Waals surface area (Å²) in [5.74, 6) is -0.237. The lowest BCUT2D eigenvalue weighted by Crippen LogP contribution is -2.42. The summed E-state index contributed by atoms with van der Waals surface area (Å²) in [6, 6.07) is 11.2. The fourth-order valence-corrected chi connectivity index (χ4v) is 4.88. The molecule has 1 saturated heterocycles. The van der Waals surface area contributed by atoms with Crippen molar-refractivity contribution in [2.45, 2.75) is 17.7 Å². The van der Waals surface area contributed by atoms with Crippen molar-refractivity contribution < 1.29 is 23.1 Å². The van der Waals surface area contributed by atoms with E-state index in [1.807, 2.05) is 0 Å². The van der Waals surface area contributed by atoms with Gasteiger partial charge in [0.05, 0.1) is 18.2 Å². The second kappa shape index (κ2) is 9.59. The summed E-state index contributed by atoms with van der Waals surface area (Å²) in [5.41, 5.74) is 3.15. The van der Waals surface area contributed by atoms with E-state index in [9.17, 15) is 18.3 Å². The van der Waals surface area contributed by atoms with Crippen LogP contribution in [-0.2, 0) is 14.8 Å². The first-order valence-corrected chi connectivity index (χ1v) is 11.5. The number of benzene rings is 2. The number of ether oxygens (including phenoxy) is 1. The Morgan fingerprint density at radius 1 is 1.23 bits per heavy atom. The zero-order valence-corrected chi connectivity index (χ0v) is 18.7. The first-order valence-electron chi connectivity index (χ1n) is 9.27. The number of carbonyl (C=O) groups excluding carboxylic acids is 1. The fraction of sp³-hybridized carbons (Fsp3) is 0.300. The van der Waals surface area contributed by atoms with Gasteiger partial charge in [0, 0.05) is 23.5 Å². The van der Waals surface area contributed by atoms with E-state index in [0.29, 0.717) is 24.2 Å². The molecule has 0 bridgehead atoms. The number of hydrogen-bond acceptors (Lipinski definition) is 6. The summed E-state index contributed by atoms with van der Waals surface area (Å²) in [6.45, 7) is 0.546. The number of aromatic hydroxyl groups is 1. The number of amides is 1. The number of piperidine rings is 1. The summed E-state index contributed by atoms with van der Waals surface area (Å²) >= 11 is 3.30. The first-order chi connectivity index (χ1) is 14.3. The van der Waals surface area contributed by atoms with Crippen LogP contribution in [0.4, 0.5) is 0 Å². The highest BCUT2D eigenvalue weighted by Gasteiger charge is 2.32. The smallest absolute Gasteiger partial charge is 0.243 e. The summed E-state index contributed by atoms with van der Waals surface area (Å²) < 4.78 is 32.7. The van der Waals surface area contributed by atoms with Crippen molar-refractivity contribution in [3.8, 4) is 11.5 Å². The van der Waals surface area contributed by atoms with Crippen molar-refractivity contribution in [3.63, 3.8) is 0 Å². The molecule has 0 unspecified atom stereocenters. The van der Waals surface area contributed by atoms with Crippen LogP contribution in [0, 0.1) is 5.92 Å². The fourth-order valence-electron chi connectivity index (χ4n) is 3.15. The SMILES string of the molecule is COc1cc(/C=N\NC(=O)C2CCN(S(=O)(=O)c3ccc(Br)cc3)CC2)ccc1O. The lowest BCUT2D eigenvalue weighted by Gasteiger charge is -2.30. The molecule has 1 heterocycles. The van der Waals surface area contributed by atoms with Gasteiger partial charge in [0.15, 0.2) is 11.5 Å². The first kappa shape index (κ1) is 22.3. The summed E-state index contributed by atoms with van der Waals surface area (Å²) in [7, 11) is -2.13. The predicted octanol–water partition coefficient (Wildman–Crippen LogP) is 2.71. The molecule has 0 aromatic heterocycles. The Kier molecular flexibility index (Phi) is 7.11. The van der Waals surface area contributed by atoms with Crippen LogP contribution in [0.1, 0.15) is 18.4 Å². The molecule has 10 heteroatoms. The van der Waals surface area contributed by atoms with Crippen molar-refractivity contribution in [2.75, 3.05) is 20.2 Å². The Labute approximate surface area is 183 Å². The number of phenolic OH excluding ortho intramolecular Hbond substituents is 1. The number of sulfonamides is 1. The standard InChI is InChI=1S/C20H22BrN3O5S/c1-29-19-12-14(2-7-18(19)25)13-22-23-20(26)15-8-10-24(11-9-15)30(27,28)17-5-3-16(21)4-6-17/h2-7,12-13,15,25H,8-11H2,1H3,(H,23,26)/b22-13-. The van der Waals surface area contributed by atoms with Gasteiger partial charge in [-0.25, -0.2) is 13.8 Å². The molecule has 2 aromatic carbocycles. The maximum atomic E-state index is 12.7. The quantitative estimate of drug-likeness (QED) is 0.473. The van der Waals surface area contributed by atoms with Gasteiger partial charge in [-0.15, -0.1) is 0 Å². The van der Waals surface area contributed by atoms with Crippen LogP contribution in [0.25, 0.3) is 0 Å². The summed E-state index contributed by atoms with van der Waals surface area (Å²) in [4.78, 5) is 12.6. The Morgan fingerprint density at radius 3 is 2.53 bits per heavy atom. The van der Waals surface area contributed by atoms with Gasteiger partial charge in [0.25, 0.3) is 0 Å². The van der Waals surface area contributed by atoms with Crippen molar-refractivity contribution in [2.24, 2.45) is 11.0 Å². The van der Waals surface area contributed by atoms with Gasteiger partial charge in [-0.1, -0.05) is 15.9 Å². The van der Waals surface area contributed by atoms with E-state index >= 15 is 0 Å². The molecule has 1 aliphatic heterocycles. The van der Waals surface area contributed by atoms with Gasteiger partial charge < -0.3 is 9.84 Å². The van der Waals surface area contributed by atoms with Crippen molar-refractivity contribution >= 4 is 38.1 Å². The van der Waals surface area contributed by atoms with Gasteiger partial charge in [-0.2, -0.15) is 9.41 Å². The van der Waals surface area contributed by atoms with Crippen molar-refractivity contribution in [1.29, 1.82) is 0 Å². The molecule has 0 radical (unpaired) electrons. The molecule has 1 amide bonds. The molecule has 2 aromatic rings. The number of carbonyl (C=O) groups is 1. The van der Waals surface area contributed by atoms with Gasteiger partial charge in [0.2, 0.25) is 15.9 Å². The third kappa shape index (κ3) is 5.18. The van der Waals surface area contributed by atoms with E-state index in [-0.39, 0.29) is 35.6 Å². The van der Waals surface area contributed by atoms with E-state index in [2.05, 4.69) is 26.5 Å². The Bertz CT molecular complexity index is 1030. The van der Waals surface area contributed by atoms with Crippen LogP contribution in [-0.4, -0.2) is 50.2 Å². The Hall–Kier alpha value is -2.43. The molecule has 2 N–H and O–H groups in total. The molecule has 0 aliphatic carbocycles. The minimum atomic E-state index is -3.57. The highest BCUT2D eigenvalue weighted by Crippen LogP contribution is 2.26. The predicted molar refractivity (Wildman–Crippen MR) is 116 cm³/mol. The zero-order valence-electron chi connectivity index (χ0n) is 16.3. The average molecular weight is 496 g/mol. The lowest BCUT2D eigenvalue weighted by atomic mass is 9.98. The maximum Gasteiger partial charge on any atom is 0.243 e. The lowest BCUT2D eigenvalue weighted by molar-refractivity contribution is -0.126. The van der Waals surface area contributed by atoms with Gasteiger partial charge >= 0.3 is 0 Å². The average Bonchev–Trinajstić information content (AvgIpc) is 2.75. The second-order valence-electron chi connectivity index (χ2n) is 6.80. The van der Waals surface area contributed by atoms with E-state index in [1.165, 1.54) is 23.7 Å². The van der Waals surface area contributed by atoms with Gasteiger partial charge in [0.1, 0.15) is 0 Å². The molecule has 0 saturated carbocycles. The topological polar surface area (TPSA) is 108 Å². The minimum absolute atomic E-state index is 0.0172. The van der Waals surface area contributed by atoms with Crippen LogP contribution in [0.2, 0.25) is 0 Å². The van der Waals surface area contributed by atoms with Gasteiger partial charge in [-0.3, -0.25) is 4.79 Å². The highest BCUT2D eigenvalue weighted by atomic mass is 79.9. The van der Waals surface area contributed by atoms with Crippen molar-refractivity contribution in [1.82, 2.24) is 9.73 Å². The number of nitrogens with one attached hydrogen (secondary N) is 1. The highest BCUT2D eigenvalue weighted by molar-refractivity contribution is 9.10. The minimum Gasteiger partial charge on any atom is -0.504 e. The normalized spacial score (nSPS) is 15.9. The molecule has 3 rings (SSSR count). The molecule has 1 aliphatic rings. The monoisotopic (exact) mass is 495 g/mol. The van der Waals surface area contributed by atoms with Crippen LogP contribution in [0.3, 0.4) is 0 Å². The third-order valence-corrected chi connectivity index (χ3v) is 7.31. The number of rotatable bonds is 6. The number of phenols is 1. The third-order valence-electron chi connectivity index (χ3n) is 4.87. The zero-order chi connectivity index (χ0) is 21.7. The second-order valence-corrected chi connectivity index (χ2v) is 9.65. The molecule has 160 valence electrons. The molecule has 30 heavy (non-hydrogen) atoms. The van der Waals surface area contributed by atoms with Crippen LogP contribution in [0.15, 0.2) is 56.9 Å². The van der Waals surface area contributed by atoms with E-state index in [1.54, 1.807) is 36.4 Å². The molecule has 1 fully saturated rings. The number of nitrogens with zero attached hydrogens (tertiary/aromatic N) is 2. The molecule has 8 nitrogen and oxygen atoms in total. The summed E-state index contributed by atoms with van der Waals surface area (Å²) in [5, 5.41) is 13.5. The molecular weight excluding hydrogens is 474 g/mol. The van der Waals surface area contributed by atoms with Crippen LogP contribution in [0.5, 0.6) is 11.5 Å². The number of hydrogen-bond donors (Lipinski definition) is 2.